The number of alkyl halides is 2. The number of urea groups is 1. The Morgan fingerprint density at radius 2 is 1.76 bits per heavy atom. The molecule has 11 nitrogen and oxygen atoms in total. The van der Waals surface area contributed by atoms with Crippen molar-refractivity contribution >= 4 is 29.1 Å². The molecule has 220 valence electrons. The number of nitrogens with one attached hydrogen (secondary N) is 2. The first-order valence-electron chi connectivity index (χ1n) is 13.5. The number of rotatable bonds is 8. The molecule has 2 aromatic carbocycles. The second kappa shape index (κ2) is 12.4. The second-order valence-electron chi connectivity index (χ2n) is 10.1. The van der Waals surface area contributed by atoms with Crippen molar-refractivity contribution < 1.29 is 23.1 Å². The zero-order valence-corrected chi connectivity index (χ0v) is 23.3. The Balaban J connectivity index is 1.25. The van der Waals surface area contributed by atoms with Crippen LogP contribution in [0.2, 0.25) is 0 Å². The summed E-state index contributed by atoms with van der Waals surface area (Å²) in [5, 5.41) is 6.09. The first-order chi connectivity index (χ1) is 20.2. The third-order valence-electron chi connectivity index (χ3n) is 6.95. The van der Waals surface area contributed by atoms with Crippen molar-refractivity contribution in [3.8, 4) is 17.0 Å². The molecule has 4 aromatic rings. The quantitative estimate of drug-likeness (QED) is 0.290. The van der Waals surface area contributed by atoms with Gasteiger partial charge in [0.2, 0.25) is 0 Å². The predicted molar refractivity (Wildman–Crippen MR) is 154 cm³/mol. The van der Waals surface area contributed by atoms with Crippen LogP contribution in [-0.2, 0) is 0 Å². The van der Waals surface area contributed by atoms with Crippen molar-refractivity contribution in [1.82, 2.24) is 29.5 Å². The van der Waals surface area contributed by atoms with Gasteiger partial charge in [0.15, 0.2) is 11.5 Å². The summed E-state index contributed by atoms with van der Waals surface area (Å²) >= 11 is 0. The summed E-state index contributed by atoms with van der Waals surface area (Å²) in [6.45, 7) is 3.00. The molecule has 0 saturated carbocycles. The summed E-state index contributed by atoms with van der Waals surface area (Å²) in [7, 11) is 0. The van der Waals surface area contributed by atoms with E-state index in [1.807, 2.05) is 30.4 Å². The fourth-order valence-electron chi connectivity index (χ4n) is 4.79. The van der Waals surface area contributed by atoms with Crippen LogP contribution < -0.4 is 21.1 Å². The lowest BCUT2D eigenvalue weighted by Gasteiger charge is -2.35. The number of hydrogen-bond donors (Lipinski definition) is 3. The van der Waals surface area contributed by atoms with Gasteiger partial charge in [-0.3, -0.25) is 9.20 Å². The van der Waals surface area contributed by atoms with Gasteiger partial charge in [0.05, 0.1) is 11.9 Å². The number of carbonyl (C=O) groups excluding carboxylic acids is 2. The normalized spacial score (nSPS) is 14.2. The maximum Gasteiger partial charge on any atom is 0.387 e. The van der Waals surface area contributed by atoms with Gasteiger partial charge in [0, 0.05) is 68.0 Å². The molecule has 0 bridgehead atoms. The summed E-state index contributed by atoms with van der Waals surface area (Å²) in [6, 6.07) is 11.5. The molecule has 1 aliphatic heterocycles. The average molecular weight is 579 g/mol. The van der Waals surface area contributed by atoms with Crippen molar-refractivity contribution in [1.29, 1.82) is 0 Å². The molecule has 2 aromatic heterocycles. The molecule has 3 heterocycles. The molecule has 3 amide bonds. The van der Waals surface area contributed by atoms with E-state index in [1.54, 1.807) is 46.6 Å². The maximum atomic E-state index is 13.3. The highest BCUT2D eigenvalue weighted by atomic mass is 19.3. The minimum absolute atomic E-state index is 0.0755. The number of nitrogens with two attached hydrogens (primary N) is 1. The summed E-state index contributed by atoms with van der Waals surface area (Å²) in [6.07, 6.45) is 5.08. The molecule has 5 rings (SSSR count). The van der Waals surface area contributed by atoms with Crippen molar-refractivity contribution in [2.45, 2.75) is 26.5 Å². The van der Waals surface area contributed by atoms with Gasteiger partial charge < -0.3 is 30.9 Å². The number of amides is 3. The Morgan fingerprint density at radius 3 is 2.43 bits per heavy atom. The highest BCUT2D eigenvalue weighted by molar-refractivity contribution is 5.96. The molecule has 0 radical (unpaired) electrons. The number of nitrogens with zero attached hydrogens (tertiary/aromatic N) is 5. The third kappa shape index (κ3) is 6.41. The molecule has 1 saturated heterocycles. The number of halogens is 2. The molecule has 0 aliphatic carbocycles. The Hall–Kier alpha value is -4.78. The number of carbonyl (C=O) groups is 2. The summed E-state index contributed by atoms with van der Waals surface area (Å²) in [5.74, 6) is 0.502. The summed E-state index contributed by atoms with van der Waals surface area (Å²) < 4.78 is 31.3. The molecule has 1 atom stereocenters. The molecule has 42 heavy (non-hydrogen) atoms. The van der Waals surface area contributed by atoms with Crippen LogP contribution >= 0.6 is 0 Å². The van der Waals surface area contributed by atoms with Crippen LogP contribution in [0.3, 0.4) is 0 Å². The van der Waals surface area contributed by atoms with Crippen molar-refractivity contribution in [2.24, 2.45) is 5.73 Å². The average Bonchev–Trinajstić information content (AvgIpc) is 3.41. The van der Waals surface area contributed by atoms with Gasteiger partial charge in [-0.1, -0.05) is 0 Å². The van der Waals surface area contributed by atoms with Crippen LogP contribution in [0, 0.1) is 6.92 Å². The number of piperazine rings is 1. The van der Waals surface area contributed by atoms with Crippen LogP contribution in [0.25, 0.3) is 16.9 Å². The fourth-order valence-corrected chi connectivity index (χ4v) is 4.79. The van der Waals surface area contributed by atoms with Crippen LogP contribution in [0.4, 0.5) is 25.1 Å². The molecule has 1 aliphatic rings. The Labute approximate surface area is 241 Å². The number of anilines is 2. The SMILES string of the molecule is Cc1cc(Nc2nccn3c(-c4ccc(OC(F)F)cc4)cnc23)ccc1C(=O)N1CCN(C(=O)NC[C@@H](C)N)CC1. The lowest BCUT2D eigenvalue weighted by atomic mass is 10.1. The fraction of sp³-hybridized carbons (Fsp3) is 0.310. The van der Waals surface area contributed by atoms with Crippen molar-refractivity contribution in [3.63, 3.8) is 0 Å². The van der Waals surface area contributed by atoms with Gasteiger partial charge in [-0.2, -0.15) is 8.78 Å². The van der Waals surface area contributed by atoms with E-state index in [4.69, 9.17) is 5.73 Å². The van der Waals surface area contributed by atoms with E-state index in [0.29, 0.717) is 49.8 Å². The zero-order valence-electron chi connectivity index (χ0n) is 23.3. The first kappa shape index (κ1) is 28.7. The van der Waals surface area contributed by atoms with E-state index in [2.05, 4.69) is 25.3 Å². The van der Waals surface area contributed by atoms with E-state index in [1.165, 1.54) is 12.1 Å². The van der Waals surface area contributed by atoms with Gasteiger partial charge in [-0.15, -0.1) is 0 Å². The largest absolute Gasteiger partial charge is 0.435 e. The molecular formula is C29H32F2N8O3. The lowest BCUT2D eigenvalue weighted by molar-refractivity contribution is -0.0498. The number of aromatic nitrogens is 3. The third-order valence-corrected chi connectivity index (χ3v) is 6.95. The Kier molecular flexibility index (Phi) is 8.48. The van der Waals surface area contributed by atoms with E-state index in [-0.39, 0.29) is 23.7 Å². The second-order valence-corrected chi connectivity index (χ2v) is 10.1. The van der Waals surface area contributed by atoms with Gasteiger partial charge in [-0.25, -0.2) is 14.8 Å². The highest BCUT2D eigenvalue weighted by Gasteiger charge is 2.26. The molecule has 0 spiro atoms. The van der Waals surface area contributed by atoms with Crippen molar-refractivity contribution in [3.05, 3.63) is 72.2 Å². The van der Waals surface area contributed by atoms with Crippen LogP contribution in [-0.4, -0.2) is 81.5 Å². The maximum absolute atomic E-state index is 13.3. The number of imidazole rings is 1. The molecular weight excluding hydrogens is 546 g/mol. The topological polar surface area (TPSA) is 130 Å². The van der Waals surface area contributed by atoms with Gasteiger partial charge in [0.1, 0.15) is 5.75 Å². The van der Waals surface area contributed by atoms with Gasteiger partial charge >= 0.3 is 12.6 Å². The van der Waals surface area contributed by atoms with Crippen LogP contribution in [0.15, 0.2) is 61.1 Å². The Bertz CT molecular complexity index is 1570. The van der Waals surface area contributed by atoms with Crippen LogP contribution in [0.1, 0.15) is 22.8 Å². The van der Waals surface area contributed by atoms with E-state index in [0.717, 1.165) is 22.5 Å². The van der Waals surface area contributed by atoms with Crippen LogP contribution in [0.5, 0.6) is 5.75 Å². The lowest BCUT2D eigenvalue weighted by Crippen LogP contribution is -2.54. The Morgan fingerprint density at radius 1 is 1.05 bits per heavy atom. The summed E-state index contributed by atoms with van der Waals surface area (Å²) in [4.78, 5) is 38.0. The minimum Gasteiger partial charge on any atom is -0.435 e. The van der Waals surface area contributed by atoms with Gasteiger partial charge in [-0.05, 0) is 61.9 Å². The number of hydrogen-bond acceptors (Lipinski definition) is 7. The molecule has 4 N–H and O–H groups in total. The smallest absolute Gasteiger partial charge is 0.387 e. The predicted octanol–water partition coefficient (Wildman–Crippen LogP) is 3.86. The number of benzene rings is 2. The van der Waals surface area contributed by atoms with Crippen molar-refractivity contribution in [2.75, 3.05) is 38.0 Å². The molecule has 1 fully saturated rings. The van der Waals surface area contributed by atoms with E-state index in [9.17, 15) is 18.4 Å². The highest BCUT2D eigenvalue weighted by Crippen LogP contribution is 2.28. The zero-order chi connectivity index (χ0) is 29.8. The number of ether oxygens (including phenoxy) is 1. The number of aryl methyl sites for hydroxylation is 1. The minimum atomic E-state index is -2.89. The summed E-state index contributed by atoms with van der Waals surface area (Å²) in [5.41, 5.74) is 9.92. The standard InChI is InChI=1S/C29H32F2N8O3/c1-18-15-21(5-8-23(18)27(40)37-11-13-38(14-12-37)29(41)35-16-19(2)32)36-25-26-34-17-24(39(26)10-9-33-25)20-3-6-22(7-4-20)42-28(30)31/h3-10,15,17,19,28H,11-14,16,32H2,1-2H3,(H,33,36)(H,35,41)/t19-/m1/s1. The first-order valence-corrected chi connectivity index (χ1v) is 13.5. The van der Waals surface area contributed by atoms with E-state index >= 15 is 0 Å². The molecule has 13 heteroatoms. The number of fused-ring (bicyclic) bond motifs is 1. The van der Waals surface area contributed by atoms with E-state index < -0.39 is 6.61 Å². The van der Waals surface area contributed by atoms with Gasteiger partial charge in [0.25, 0.3) is 5.91 Å². The molecule has 0 unspecified atom stereocenters. The monoisotopic (exact) mass is 578 g/mol.